The first-order valence-corrected chi connectivity index (χ1v) is 20.1. The van der Waals surface area contributed by atoms with Crippen molar-refractivity contribution < 1.29 is 33.5 Å². The molecule has 2 aromatic heterocycles. The normalized spacial score (nSPS) is 15.1. The number of alkyl carbamates (subject to hydrolysis) is 1. The summed E-state index contributed by atoms with van der Waals surface area (Å²) in [5.74, 6) is -3.79. The Morgan fingerprint density at radius 3 is 1.83 bits per heavy atom. The molecule has 18 nitrogen and oxygen atoms in total. The van der Waals surface area contributed by atoms with Crippen LogP contribution in [0.3, 0.4) is 0 Å². The van der Waals surface area contributed by atoms with Gasteiger partial charge in [0.1, 0.15) is 29.8 Å². The van der Waals surface area contributed by atoms with Gasteiger partial charge in [0.2, 0.25) is 29.5 Å². The number of carbonyl (C=O) groups excluding carboxylic acids is 6. The molecule has 0 aliphatic heterocycles. The zero-order chi connectivity index (χ0) is 43.7. The number of hydrogen-bond donors (Lipinski definition) is 9. The number of amides is 6. The maximum atomic E-state index is 14.3. The number of ether oxygens (including phenoxy) is 1. The van der Waals surface area contributed by atoms with Crippen molar-refractivity contribution >= 4 is 35.6 Å². The minimum atomic E-state index is -1.14. The first kappa shape index (κ1) is 47.6. The van der Waals surface area contributed by atoms with E-state index in [-0.39, 0.29) is 44.1 Å². The molecule has 3 aromatic rings. The van der Waals surface area contributed by atoms with Crippen molar-refractivity contribution in [2.45, 2.75) is 123 Å². The summed E-state index contributed by atoms with van der Waals surface area (Å²) in [5.41, 5.74) is 13.0. The smallest absolute Gasteiger partial charge is 0.408 e. The molecule has 11 N–H and O–H groups in total. The highest BCUT2D eigenvalue weighted by Crippen LogP contribution is 2.19. The van der Waals surface area contributed by atoms with Crippen LogP contribution < -0.4 is 38.1 Å². The predicted molar refractivity (Wildman–Crippen MR) is 221 cm³/mol. The number of hydrogen-bond acceptors (Lipinski definition) is 10. The molecule has 0 spiro atoms. The molecule has 7 atom stereocenters. The van der Waals surface area contributed by atoms with Gasteiger partial charge in [-0.1, -0.05) is 64.4 Å². The van der Waals surface area contributed by atoms with Crippen LogP contribution in [0.4, 0.5) is 4.79 Å². The van der Waals surface area contributed by atoms with E-state index in [1.54, 1.807) is 20.8 Å². The quantitative estimate of drug-likeness (QED) is 0.0665. The van der Waals surface area contributed by atoms with Crippen LogP contribution in [0.1, 0.15) is 84.7 Å². The number of aromatic amines is 2. The lowest BCUT2D eigenvalue weighted by atomic mass is 9.88. The van der Waals surface area contributed by atoms with Crippen molar-refractivity contribution in [3.05, 3.63) is 72.3 Å². The minimum Gasteiger partial charge on any atom is -0.444 e. The second-order valence-electron chi connectivity index (χ2n) is 16.4. The van der Waals surface area contributed by atoms with E-state index in [0.29, 0.717) is 24.2 Å². The van der Waals surface area contributed by atoms with Gasteiger partial charge in [0.25, 0.3) is 0 Å². The van der Waals surface area contributed by atoms with Crippen molar-refractivity contribution in [2.24, 2.45) is 29.2 Å². The Bertz CT molecular complexity index is 1780. The molecule has 0 saturated heterocycles. The number of H-pyrrole nitrogens is 2. The van der Waals surface area contributed by atoms with Gasteiger partial charge < -0.3 is 52.8 Å². The van der Waals surface area contributed by atoms with Crippen LogP contribution in [0, 0.1) is 17.8 Å². The average Bonchev–Trinajstić information content (AvgIpc) is 3.89. The van der Waals surface area contributed by atoms with Crippen LogP contribution in [0.5, 0.6) is 0 Å². The van der Waals surface area contributed by atoms with Crippen LogP contribution in [-0.4, -0.2) is 97.9 Å². The third kappa shape index (κ3) is 16.5. The molecule has 1 aromatic carbocycles. The average molecular weight is 822 g/mol. The fraction of sp³-hybridized carbons (Fsp3) is 0.561. The largest absolute Gasteiger partial charge is 0.444 e. The first-order chi connectivity index (χ1) is 27.9. The molecule has 0 aliphatic carbocycles. The van der Waals surface area contributed by atoms with E-state index >= 15 is 0 Å². The first-order valence-electron chi connectivity index (χ1n) is 20.1. The van der Waals surface area contributed by atoms with E-state index in [0.717, 1.165) is 5.56 Å². The summed E-state index contributed by atoms with van der Waals surface area (Å²) < 4.78 is 5.44. The maximum Gasteiger partial charge on any atom is 0.408 e. The lowest BCUT2D eigenvalue weighted by Crippen LogP contribution is -2.58. The zero-order valence-electron chi connectivity index (χ0n) is 35.2. The van der Waals surface area contributed by atoms with Gasteiger partial charge in [0.15, 0.2) is 0 Å². The second kappa shape index (κ2) is 23.0. The molecule has 0 aliphatic rings. The molecular formula is C41H63N11O7. The van der Waals surface area contributed by atoms with Gasteiger partial charge in [-0.25, -0.2) is 14.8 Å². The third-order valence-electron chi connectivity index (χ3n) is 9.73. The van der Waals surface area contributed by atoms with Crippen LogP contribution in [0.25, 0.3) is 0 Å². The number of rotatable bonds is 23. The number of nitrogens with zero attached hydrogens (tertiary/aromatic N) is 2. The van der Waals surface area contributed by atoms with Gasteiger partial charge in [-0.2, -0.15) is 0 Å². The van der Waals surface area contributed by atoms with E-state index in [9.17, 15) is 28.8 Å². The van der Waals surface area contributed by atoms with E-state index in [1.807, 2.05) is 58.0 Å². The fourth-order valence-corrected chi connectivity index (χ4v) is 6.43. The van der Waals surface area contributed by atoms with Gasteiger partial charge in [-0.3, -0.25) is 24.0 Å². The van der Waals surface area contributed by atoms with Crippen LogP contribution in [-0.2, 0) is 48.0 Å². The highest BCUT2D eigenvalue weighted by atomic mass is 16.6. The van der Waals surface area contributed by atoms with E-state index in [1.165, 1.54) is 25.0 Å². The molecule has 3 rings (SSSR count). The van der Waals surface area contributed by atoms with E-state index in [2.05, 4.69) is 46.5 Å². The Balaban J connectivity index is 1.82. The van der Waals surface area contributed by atoms with Gasteiger partial charge in [0.05, 0.1) is 12.7 Å². The molecular weight excluding hydrogens is 759 g/mol. The van der Waals surface area contributed by atoms with Crippen molar-refractivity contribution in [1.82, 2.24) is 46.5 Å². The molecule has 59 heavy (non-hydrogen) atoms. The Morgan fingerprint density at radius 1 is 0.763 bits per heavy atom. The molecule has 0 unspecified atom stereocenters. The summed E-state index contributed by atoms with van der Waals surface area (Å²) in [6.45, 7) is 12.8. The van der Waals surface area contributed by atoms with Crippen molar-refractivity contribution in [3.8, 4) is 0 Å². The molecule has 0 fully saturated rings. The predicted octanol–water partition coefficient (Wildman–Crippen LogP) is 1.54. The summed E-state index contributed by atoms with van der Waals surface area (Å²) >= 11 is 0. The van der Waals surface area contributed by atoms with Crippen molar-refractivity contribution in [2.75, 3.05) is 6.54 Å². The Morgan fingerprint density at radius 2 is 1.32 bits per heavy atom. The van der Waals surface area contributed by atoms with Crippen LogP contribution >= 0.6 is 0 Å². The maximum absolute atomic E-state index is 14.3. The molecule has 18 heteroatoms. The number of nitrogens with two attached hydrogens (primary N) is 2. The molecule has 0 radical (unpaired) electrons. The Kier molecular flexibility index (Phi) is 18.5. The van der Waals surface area contributed by atoms with Crippen LogP contribution in [0.2, 0.25) is 0 Å². The van der Waals surface area contributed by atoms with E-state index in [4.69, 9.17) is 16.2 Å². The Labute approximate surface area is 345 Å². The van der Waals surface area contributed by atoms with Gasteiger partial charge in [-0.15, -0.1) is 0 Å². The number of carbonyl (C=O) groups is 6. The topological polar surface area (TPSA) is 281 Å². The lowest BCUT2D eigenvalue weighted by Gasteiger charge is -2.31. The highest BCUT2D eigenvalue weighted by Gasteiger charge is 2.34. The van der Waals surface area contributed by atoms with Crippen molar-refractivity contribution in [1.29, 1.82) is 0 Å². The molecule has 324 valence electrons. The molecule has 6 amide bonds. The number of benzene rings is 1. The molecule has 0 bridgehead atoms. The summed E-state index contributed by atoms with van der Waals surface area (Å²) in [4.78, 5) is 94.5. The second-order valence-corrected chi connectivity index (χ2v) is 16.4. The lowest BCUT2D eigenvalue weighted by molar-refractivity contribution is -0.133. The van der Waals surface area contributed by atoms with Gasteiger partial charge >= 0.3 is 6.09 Å². The molecule has 2 heterocycles. The van der Waals surface area contributed by atoms with E-state index < -0.39 is 77.4 Å². The molecule has 0 saturated carbocycles. The van der Waals surface area contributed by atoms with Crippen molar-refractivity contribution in [3.63, 3.8) is 0 Å². The summed E-state index contributed by atoms with van der Waals surface area (Å²) in [6.07, 6.45) is 6.25. The Hall–Kier alpha value is -5.78. The summed E-state index contributed by atoms with van der Waals surface area (Å²) in [6, 6.07) is 4.21. The van der Waals surface area contributed by atoms with Gasteiger partial charge in [0, 0.05) is 61.4 Å². The number of imidazole rings is 2. The standard InChI is InChI=1S/C41H63N11O7/c1-8-25(4)35(39(57)49-31(36(43)54)17-28-20-44-22-46-28)52-34(53)16-27(19-42)30(14-24(2)3)48-38(56)33(18-29-21-45-23-47-29)50-37(55)32(15-26-12-10-9-11-13-26)51-40(58)59-41(5,6)7/h9-13,20-25,27,30-33,35H,8,14-19,42H2,1-7H3,(H2,43,54)(H,44,46)(H,45,47)(H,48,56)(H,49,57)(H,50,55)(H,51,58)(H,52,53)/t25-,27-,30-,31-,32-,33-,35-/m0/s1. The van der Waals surface area contributed by atoms with Crippen LogP contribution in [0.15, 0.2) is 55.4 Å². The number of primary amides is 1. The monoisotopic (exact) mass is 821 g/mol. The zero-order valence-corrected chi connectivity index (χ0v) is 35.2. The number of nitrogens with one attached hydrogen (secondary N) is 7. The van der Waals surface area contributed by atoms with Gasteiger partial charge in [-0.05, 0) is 51.1 Å². The highest BCUT2D eigenvalue weighted by molar-refractivity contribution is 5.93. The minimum absolute atomic E-state index is 0.00967. The SMILES string of the molecule is CC[C@H](C)[C@H](NC(=O)C[C@@H](CN)[C@H](CC(C)C)NC(=O)[C@H](Cc1cnc[nH]1)NC(=O)[C@H](Cc1ccccc1)NC(=O)OC(C)(C)C)C(=O)N[C@@H](Cc1cnc[nH]1)C(N)=O. The summed E-state index contributed by atoms with van der Waals surface area (Å²) in [5, 5.41) is 14.1. The fourth-order valence-electron chi connectivity index (χ4n) is 6.43. The summed E-state index contributed by atoms with van der Waals surface area (Å²) in [7, 11) is 0. The number of aromatic nitrogens is 4. The third-order valence-corrected chi connectivity index (χ3v) is 9.73.